The quantitative estimate of drug-likeness (QED) is 0.607. The summed E-state index contributed by atoms with van der Waals surface area (Å²) in [7, 11) is 0. The van der Waals surface area contributed by atoms with E-state index in [2.05, 4.69) is 22.4 Å². The molecule has 1 atom stereocenters. The van der Waals surface area contributed by atoms with Crippen LogP contribution in [0.4, 0.5) is 0 Å². The van der Waals surface area contributed by atoms with E-state index < -0.39 is 11.4 Å². The molecule has 0 aliphatic carbocycles. The van der Waals surface area contributed by atoms with Crippen molar-refractivity contribution >= 4 is 17.6 Å². The molecule has 0 fully saturated rings. The first kappa shape index (κ1) is 15.2. The van der Waals surface area contributed by atoms with E-state index in [0.717, 1.165) is 24.1 Å². The summed E-state index contributed by atoms with van der Waals surface area (Å²) in [5.74, 6) is 0. The van der Waals surface area contributed by atoms with Gasteiger partial charge >= 0.3 is 0 Å². The van der Waals surface area contributed by atoms with Crippen molar-refractivity contribution in [3.8, 4) is 0 Å². The third-order valence-electron chi connectivity index (χ3n) is 2.41. The molecule has 1 aromatic heterocycles. The number of nitrogens with zero attached hydrogens (tertiary/aromatic N) is 2. The van der Waals surface area contributed by atoms with Crippen LogP contribution in [0.5, 0.6) is 0 Å². The first-order valence-corrected chi connectivity index (χ1v) is 7.42. The first-order chi connectivity index (χ1) is 8.43. The highest BCUT2D eigenvalue weighted by Gasteiger charge is 2.25. The molecular weight excluding hydrogens is 244 g/mol. The van der Waals surface area contributed by atoms with Gasteiger partial charge in [-0.05, 0) is 38.8 Å². The van der Waals surface area contributed by atoms with Gasteiger partial charge in [0.2, 0.25) is 0 Å². The molecule has 18 heavy (non-hydrogen) atoms. The van der Waals surface area contributed by atoms with Crippen molar-refractivity contribution in [1.29, 1.82) is 0 Å². The Balaban J connectivity index is 2.51. The second kappa shape index (κ2) is 6.90. The van der Waals surface area contributed by atoms with Gasteiger partial charge in [0.1, 0.15) is 16.1 Å². The van der Waals surface area contributed by atoms with E-state index in [1.54, 1.807) is 6.21 Å². The van der Waals surface area contributed by atoms with E-state index in [4.69, 9.17) is 0 Å². The van der Waals surface area contributed by atoms with Crippen molar-refractivity contribution in [1.82, 2.24) is 4.98 Å². The van der Waals surface area contributed by atoms with E-state index in [0.29, 0.717) is 6.42 Å². The number of aromatic nitrogens is 1. The highest BCUT2D eigenvalue weighted by Crippen LogP contribution is 2.16. The summed E-state index contributed by atoms with van der Waals surface area (Å²) >= 11 is -1.17. The van der Waals surface area contributed by atoms with Crippen LogP contribution in [0.3, 0.4) is 0 Å². The fourth-order valence-electron chi connectivity index (χ4n) is 1.35. The van der Waals surface area contributed by atoms with Crippen LogP contribution in [0.15, 0.2) is 22.7 Å². The lowest BCUT2D eigenvalue weighted by Gasteiger charge is -2.17. The average Bonchev–Trinajstić information content (AvgIpc) is 2.30. The van der Waals surface area contributed by atoms with E-state index in [9.17, 15) is 4.55 Å². The number of hydrogen-bond donors (Lipinski definition) is 0. The van der Waals surface area contributed by atoms with Crippen LogP contribution in [0.1, 0.15) is 45.4 Å². The number of hydrogen-bond acceptors (Lipinski definition) is 3. The third-order valence-corrected chi connectivity index (χ3v) is 3.80. The summed E-state index contributed by atoms with van der Waals surface area (Å²) in [5, 5.41) is 0. The summed E-state index contributed by atoms with van der Waals surface area (Å²) < 4.78 is 15.5. The molecule has 100 valence electrons. The summed E-state index contributed by atoms with van der Waals surface area (Å²) in [6, 6.07) is 4.11. The van der Waals surface area contributed by atoms with Gasteiger partial charge in [0.05, 0.1) is 6.21 Å². The predicted octanol–water partition coefficient (Wildman–Crippen LogP) is 3.11. The number of pyridine rings is 1. The molecule has 0 spiro atoms. The molecular formula is C14H22N2OS. The minimum atomic E-state index is -1.17. The van der Waals surface area contributed by atoms with Crippen LogP contribution in [-0.4, -0.2) is 20.5 Å². The van der Waals surface area contributed by atoms with Gasteiger partial charge in [-0.15, -0.1) is 0 Å². The highest BCUT2D eigenvalue weighted by molar-refractivity contribution is 7.91. The molecule has 1 aromatic rings. The van der Waals surface area contributed by atoms with E-state index in [1.807, 2.05) is 33.0 Å². The molecule has 1 rings (SSSR count). The monoisotopic (exact) mass is 266 g/mol. The van der Waals surface area contributed by atoms with Crippen molar-refractivity contribution in [2.24, 2.45) is 4.40 Å². The number of aryl methyl sites for hydroxylation is 1. The highest BCUT2D eigenvalue weighted by atomic mass is 32.2. The Labute approximate surface area is 113 Å². The zero-order chi connectivity index (χ0) is 13.6. The van der Waals surface area contributed by atoms with Gasteiger partial charge < -0.3 is 4.55 Å². The minimum Gasteiger partial charge on any atom is -0.591 e. The third kappa shape index (κ3) is 5.19. The zero-order valence-corrected chi connectivity index (χ0v) is 12.5. The molecule has 4 heteroatoms. The molecule has 0 aromatic carbocycles. The molecule has 0 saturated heterocycles. The topological polar surface area (TPSA) is 48.3 Å². The maximum atomic E-state index is 11.7. The van der Waals surface area contributed by atoms with Crippen molar-refractivity contribution < 1.29 is 4.55 Å². The lowest BCUT2D eigenvalue weighted by Crippen LogP contribution is -2.25. The summed E-state index contributed by atoms with van der Waals surface area (Å²) in [4.78, 5) is 4.38. The zero-order valence-electron chi connectivity index (χ0n) is 11.6. The average molecular weight is 266 g/mol. The Kier molecular flexibility index (Phi) is 5.82. The van der Waals surface area contributed by atoms with Crippen LogP contribution in [0, 0.1) is 0 Å². The van der Waals surface area contributed by atoms with Gasteiger partial charge in [-0.2, -0.15) is 0 Å². The van der Waals surface area contributed by atoms with Crippen molar-refractivity contribution in [2.75, 3.05) is 0 Å². The first-order valence-electron chi connectivity index (χ1n) is 6.32. The molecule has 0 aliphatic heterocycles. The van der Waals surface area contributed by atoms with Gasteiger partial charge in [0.25, 0.3) is 0 Å². The molecule has 0 amide bonds. The summed E-state index contributed by atoms with van der Waals surface area (Å²) in [6.07, 6.45) is 6.40. The normalized spacial score (nSPS) is 14.1. The Bertz CT molecular complexity index is 382. The molecule has 0 aliphatic rings. The molecule has 1 heterocycles. The maximum Gasteiger partial charge on any atom is 0.144 e. The van der Waals surface area contributed by atoms with E-state index in [1.165, 1.54) is 0 Å². The fraction of sp³-hybridized carbons (Fsp3) is 0.571. The van der Waals surface area contributed by atoms with Gasteiger partial charge in [0.15, 0.2) is 0 Å². The Morgan fingerprint density at radius 2 is 2.11 bits per heavy atom. The van der Waals surface area contributed by atoms with Gasteiger partial charge in [-0.25, -0.2) is 0 Å². The predicted molar refractivity (Wildman–Crippen MR) is 78.3 cm³/mol. The summed E-state index contributed by atoms with van der Waals surface area (Å²) in [6.45, 7) is 7.90. The Morgan fingerprint density at radius 1 is 1.39 bits per heavy atom. The Morgan fingerprint density at radius 3 is 2.61 bits per heavy atom. The molecule has 0 N–H and O–H groups in total. The molecule has 0 radical (unpaired) electrons. The van der Waals surface area contributed by atoms with Crippen LogP contribution in [0.25, 0.3) is 0 Å². The molecule has 0 bridgehead atoms. The van der Waals surface area contributed by atoms with Gasteiger partial charge in [-0.1, -0.05) is 23.8 Å². The lowest BCUT2D eigenvalue weighted by atomic mass is 10.2. The smallest absolute Gasteiger partial charge is 0.144 e. The van der Waals surface area contributed by atoms with Crippen LogP contribution in [-0.2, 0) is 24.2 Å². The minimum absolute atomic E-state index is 0.292. The number of rotatable bonds is 5. The lowest BCUT2D eigenvalue weighted by molar-refractivity contribution is 0.561. The standard InChI is InChI=1S/C14H22N2OS/c1-5-6-13-8-7-12(11-15-13)9-10-16-18(17)14(2,3)4/h7-8,10-11H,5-6,9H2,1-4H3. The van der Waals surface area contributed by atoms with Crippen LogP contribution < -0.4 is 0 Å². The van der Waals surface area contributed by atoms with Gasteiger partial charge in [0, 0.05) is 18.3 Å². The van der Waals surface area contributed by atoms with Crippen LogP contribution >= 0.6 is 0 Å². The van der Waals surface area contributed by atoms with Gasteiger partial charge in [-0.3, -0.25) is 4.98 Å². The van der Waals surface area contributed by atoms with E-state index >= 15 is 0 Å². The van der Waals surface area contributed by atoms with Crippen molar-refractivity contribution in [3.63, 3.8) is 0 Å². The molecule has 3 nitrogen and oxygen atoms in total. The second-order valence-corrected chi connectivity index (χ2v) is 7.20. The molecule has 1 unspecified atom stereocenters. The fourth-order valence-corrected chi connectivity index (χ4v) is 1.87. The molecule has 0 saturated carbocycles. The van der Waals surface area contributed by atoms with E-state index in [-0.39, 0.29) is 4.75 Å². The second-order valence-electron chi connectivity index (χ2n) is 5.26. The Hall–Kier alpha value is -0.870. The largest absolute Gasteiger partial charge is 0.591 e. The summed E-state index contributed by atoms with van der Waals surface area (Å²) in [5.41, 5.74) is 2.22. The van der Waals surface area contributed by atoms with Crippen molar-refractivity contribution in [2.45, 2.75) is 51.7 Å². The maximum absolute atomic E-state index is 11.7. The SMILES string of the molecule is CCCc1ccc(CC=N[S+]([O-])C(C)(C)C)cn1. The van der Waals surface area contributed by atoms with Crippen LogP contribution in [0.2, 0.25) is 0 Å². The van der Waals surface area contributed by atoms with Crippen molar-refractivity contribution in [3.05, 3.63) is 29.6 Å².